The second-order valence-corrected chi connectivity index (χ2v) is 2.54. The molecule has 0 saturated carbocycles. The van der Waals surface area contributed by atoms with Gasteiger partial charge in [0.2, 0.25) is 0 Å². The van der Waals surface area contributed by atoms with E-state index in [2.05, 4.69) is 9.97 Å². The topological polar surface area (TPSA) is 61.3 Å². The molecule has 1 aromatic rings. The lowest BCUT2D eigenvalue weighted by atomic mass is 10.3. The first kappa shape index (κ1) is 10.6. The van der Waals surface area contributed by atoms with Gasteiger partial charge in [-0.15, -0.1) is 0 Å². The number of carbonyl (C=O) groups excluding carboxylic acids is 1. The van der Waals surface area contributed by atoms with E-state index in [4.69, 9.17) is 9.47 Å². The molecule has 0 amide bonds. The Labute approximate surface area is 82.1 Å². The zero-order chi connectivity index (χ0) is 10.4. The molecule has 0 bridgehead atoms. The van der Waals surface area contributed by atoms with Gasteiger partial charge in [-0.2, -0.15) is 0 Å². The molecule has 5 nitrogen and oxygen atoms in total. The zero-order valence-corrected chi connectivity index (χ0v) is 8.19. The second kappa shape index (κ2) is 5.29. The normalized spacial score (nSPS) is 9.86. The number of carbonyl (C=O) groups is 1. The number of hydrogen-bond acceptors (Lipinski definition) is 5. The minimum atomic E-state index is -0.406. The molecule has 0 atom stereocenters. The lowest BCUT2D eigenvalue weighted by Crippen LogP contribution is -2.07. The number of ether oxygens (including phenoxy) is 2. The Morgan fingerprint density at radius 1 is 1.43 bits per heavy atom. The fourth-order valence-corrected chi connectivity index (χ4v) is 0.878. The maximum atomic E-state index is 11.2. The number of rotatable bonds is 4. The van der Waals surface area contributed by atoms with Crippen LogP contribution < -0.4 is 0 Å². The van der Waals surface area contributed by atoms with Crippen LogP contribution in [-0.2, 0) is 16.1 Å². The summed E-state index contributed by atoms with van der Waals surface area (Å²) >= 11 is 0. The number of esters is 1. The highest BCUT2D eigenvalue weighted by Gasteiger charge is 2.06. The Bertz CT molecular complexity index is 297. The summed E-state index contributed by atoms with van der Waals surface area (Å²) in [6, 6.07) is 0. The summed E-state index contributed by atoms with van der Waals surface area (Å²) in [6.07, 6.45) is 2.86. The quantitative estimate of drug-likeness (QED) is 0.666. The molecule has 76 valence electrons. The van der Waals surface area contributed by atoms with Crippen molar-refractivity contribution in [3.8, 4) is 0 Å². The van der Waals surface area contributed by atoms with Gasteiger partial charge < -0.3 is 9.47 Å². The van der Waals surface area contributed by atoms with Gasteiger partial charge in [-0.1, -0.05) is 0 Å². The first-order valence-electron chi connectivity index (χ1n) is 4.25. The van der Waals surface area contributed by atoms with Gasteiger partial charge >= 0.3 is 5.97 Å². The standard InChI is InChI=1S/C9H12N2O3/c1-3-14-9(12)7-4-10-8(6-13-2)11-5-7/h4-5H,3,6H2,1-2H3. The van der Waals surface area contributed by atoms with Gasteiger partial charge in [0.05, 0.1) is 12.2 Å². The van der Waals surface area contributed by atoms with Crippen molar-refractivity contribution in [1.29, 1.82) is 0 Å². The monoisotopic (exact) mass is 196 g/mol. The number of hydrogen-bond donors (Lipinski definition) is 0. The lowest BCUT2D eigenvalue weighted by Gasteiger charge is -2.01. The number of methoxy groups -OCH3 is 1. The summed E-state index contributed by atoms with van der Waals surface area (Å²) in [7, 11) is 1.56. The molecule has 0 aromatic carbocycles. The van der Waals surface area contributed by atoms with E-state index in [1.807, 2.05) is 0 Å². The molecule has 1 heterocycles. The van der Waals surface area contributed by atoms with Crippen molar-refractivity contribution in [2.75, 3.05) is 13.7 Å². The molecule has 1 rings (SSSR count). The van der Waals surface area contributed by atoms with Crippen LogP contribution in [0.3, 0.4) is 0 Å². The Balaban J connectivity index is 2.67. The highest BCUT2D eigenvalue weighted by molar-refractivity contribution is 5.88. The molecule has 5 heteroatoms. The van der Waals surface area contributed by atoms with Gasteiger partial charge in [0.1, 0.15) is 6.61 Å². The molecule has 0 aliphatic heterocycles. The van der Waals surface area contributed by atoms with Gasteiger partial charge in [0.25, 0.3) is 0 Å². The Morgan fingerprint density at radius 3 is 2.57 bits per heavy atom. The highest BCUT2D eigenvalue weighted by Crippen LogP contribution is 1.99. The van der Waals surface area contributed by atoms with E-state index in [9.17, 15) is 4.79 Å². The SMILES string of the molecule is CCOC(=O)c1cnc(COC)nc1. The van der Waals surface area contributed by atoms with Gasteiger partial charge in [-0.25, -0.2) is 14.8 Å². The van der Waals surface area contributed by atoms with Gasteiger partial charge in [-0.05, 0) is 6.92 Å². The molecule has 1 aromatic heterocycles. The van der Waals surface area contributed by atoms with Crippen LogP contribution in [0.25, 0.3) is 0 Å². The fourth-order valence-electron chi connectivity index (χ4n) is 0.878. The molecule has 0 spiro atoms. The number of nitrogens with zero attached hydrogens (tertiary/aromatic N) is 2. The van der Waals surface area contributed by atoms with Crippen LogP contribution in [0.4, 0.5) is 0 Å². The molecule has 0 N–H and O–H groups in total. The Hall–Kier alpha value is -1.49. The van der Waals surface area contributed by atoms with Gasteiger partial charge in [-0.3, -0.25) is 0 Å². The predicted molar refractivity (Wildman–Crippen MR) is 48.7 cm³/mol. The van der Waals surface area contributed by atoms with Crippen LogP contribution in [0.1, 0.15) is 23.1 Å². The third kappa shape index (κ3) is 2.77. The molecule has 0 aliphatic carbocycles. The van der Waals surface area contributed by atoms with E-state index < -0.39 is 5.97 Å². The molecular weight excluding hydrogens is 184 g/mol. The van der Waals surface area contributed by atoms with E-state index in [-0.39, 0.29) is 0 Å². The molecular formula is C9H12N2O3. The van der Waals surface area contributed by atoms with E-state index >= 15 is 0 Å². The molecule has 0 saturated heterocycles. The number of aromatic nitrogens is 2. The first-order valence-corrected chi connectivity index (χ1v) is 4.25. The van der Waals surface area contributed by atoms with E-state index in [0.29, 0.717) is 24.6 Å². The minimum absolute atomic E-state index is 0.336. The minimum Gasteiger partial charge on any atom is -0.462 e. The summed E-state index contributed by atoms with van der Waals surface area (Å²) in [6.45, 7) is 2.43. The zero-order valence-electron chi connectivity index (χ0n) is 8.19. The van der Waals surface area contributed by atoms with Crippen molar-refractivity contribution in [3.05, 3.63) is 23.8 Å². The lowest BCUT2D eigenvalue weighted by molar-refractivity contribution is 0.0525. The summed E-state index contributed by atoms with van der Waals surface area (Å²) in [5.74, 6) is 0.136. The maximum Gasteiger partial charge on any atom is 0.341 e. The Morgan fingerprint density at radius 2 is 2.07 bits per heavy atom. The summed E-state index contributed by atoms with van der Waals surface area (Å²) in [5.41, 5.74) is 0.353. The molecule has 0 radical (unpaired) electrons. The third-order valence-electron chi connectivity index (χ3n) is 1.49. The van der Waals surface area contributed by atoms with Crippen molar-refractivity contribution in [2.24, 2.45) is 0 Å². The fraction of sp³-hybridized carbons (Fsp3) is 0.444. The third-order valence-corrected chi connectivity index (χ3v) is 1.49. The van der Waals surface area contributed by atoms with Crippen LogP contribution in [-0.4, -0.2) is 29.7 Å². The van der Waals surface area contributed by atoms with E-state index in [1.165, 1.54) is 12.4 Å². The van der Waals surface area contributed by atoms with Crippen molar-refractivity contribution in [3.63, 3.8) is 0 Å². The summed E-state index contributed by atoms with van der Waals surface area (Å²) < 4.78 is 9.61. The van der Waals surface area contributed by atoms with E-state index in [1.54, 1.807) is 14.0 Å². The summed E-state index contributed by atoms with van der Waals surface area (Å²) in [4.78, 5) is 19.0. The van der Waals surface area contributed by atoms with Gasteiger partial charge in [0, 0.05) is 19.5 Å². The average molecular weight is 196 g/mol. The molecule has 0 aliphatic rings. The van der Waals surface area contributed by atoms with E-state index in [0.717, 1.165) is 0 Å². The van der Waals surface area contributed by atoms with Crippen LogP contribution in [0, 0.1) is 0 Å². The average Bonchev–Trinajstić information content (AvgIpc) is 2.20. The van der Waals surface area contributed by atoms with Crippen LogP contribution >= 0.6 is 0 Å². The predicted octanol–water partition coefficient (Wildman–Crippen LogP) is 0.800. The van der Waals surface area contributed by atoms with Crippen molar-refractivity contribution >= 4 is 5.97 Å². The highest BCUT2D eigenvalue weighted by atomic mass is 16.5. The maximum absolute atomic E-state index is 11.2. The smallest absolute Gasteiger partial charge is 0.341 e. The van der Waals surface area contributed by atoms with Crippen LogP contribution in [0.5, 0.6) is 0 Å². The molecule has 14 heavy (non-hydrogen) atoms. The largest absolute Gasteiger partial charge is 0.462 e. The first-order chi connectivity index (χ1) is 6.77. The Kier molecular flexibility index (Phi) is 4.00. The van der Waals surface area contributed by atoms with Gasteiger partial charge in [0.15, 0.2) is 5.82 Å². The van der Waals surface area contributed by atoms with Crippen LogP contribution in [0.2, 0.25) is 0 Å². The van der Waals surface area contributed by atoms with Crippen molar-refractivity contribution in [2.45, 2.75) is 13.5 Å². The van der Waals surface area contributed by atoms with Crippen molar-refractivity contribution < 1.29 is 14.3 Å². The molecule has 0 unspecified atom stereocenters. The molecule has 0 fully saturated rings. The van der Waals surface area contributed by atoms with Crippen LogP contribution in [0.15, 0.2) is 12.4 Å². The van der Waals surface area contributed by atoms with Crippen molar-refractivity contribution in [1.82, 2.24) is 9.97 Å². The summed E-state index contributed by atoms with van der Waals surface area (Å²) in [5, 5.41) is 0. The second-order valence-electron chi connectivity index (χ2n) is 2.54.